The fourth-order valence-electron chi connectivity index (χ4n) is 2.63. The van der Waals surface area contributed by atoms with Crippen LogP contribution in [0.1, 0.15) is 21.7 Å². The number of amides is 1. The topological polar surface area (TPSA) is 85.8 Å². The third-order valence-corrected chi connectivity index (χ3v) is 4.59. The average Bonchev–Trinajstić information content (AvgIpc) is 3.35. The van der Waals surface area contributed by atoms with Gasteiger partial charge in [-0.25, -0.2) is 9.67 Å². The molecule has 0 spiro atoms. The van der Waals surface area contributed by atoms with E-state index >= 15 is 0 Å². The molecule has 4 rings (SSSR count). The first-order valence-electron chi connectivity index (χ1n) is 7.92. The molecule has 0 fully saturated rings. The van der Waals surface area contributed by atoms with Gasteiger partial charge in [-0.15, -0.1) is 11.3 Å². The van der Waals surface area contributed by atoms with Gasteiger partial charge in [0.25, 0.3) is 5.91 Å². The molecule has 8 heteroatoms. The molecule has 0 saturated carbocycles. The SMILES string of the molecule is Cc1ccc(-n2nccc2-c2noc(C)c2C(=O)Nc2nccs2)cc1. The zero-order valence-corrected chi connectivity index (χ0v) is 14.9. The fourth-order valence-corrected chi connectivity index (χ4v) is 3.16. The number of aryl methyl sites for hydroxylation is 2. The molecule has 0 unspecified atom stereocenters. The smallest absolute Gasteiger partial charge is 0.263 e. The summed E-state index contributed by atoms with van der Waals surface area (Å²) >= 11 is 1.35. The van der Waals surface area contributed by atoms with Gasteiger partial charge < -0.3 is 4.52 Å². The highest BCUT2D eigenvalue weighted by atomic mass is 32.1. The molecule has 0 bridgehead atoms. The maximum absolute atomic E-state index is 12.7. The summed E-state index contributed by atoms with van der Waals surface area (Å²) in [6, 6.07) is 9.75. The molecule has 0 aliphatic carbocycles. The number of nitrogens with one attached hydrogen (secondary N) is 1. The summed E-state index contributed by atoms with van der Waals surface area (Å²) < 4.78 is 7.03. The number of hydrogen-bond acceptors (Lipinski definition) is 6. The summed E-state index contributed by atoms with van der Waals surface area (Å²) in [5.41, 5.74) is 3.52. The van der Waals surface area contributed by atoms with Crippen LogP contribution in [0.3, 0.4) is 0 Å². The minimum absolute atomic E-state index is 0.314. The Balaban J connectivity index is 1.75. The van der Waals surface area contributed by atoms with E-state index in [1.807, 2.05) is 31.2 Å². The standard InChI is InChI=1S/C18H15N5O2S/c1-11-3-5-13(6-4-11)23-14(7-8-20-23)16-15(12(2)25-22-16)17(24)21-18-19-9-10-26-18/h3-10H,1-2H3,(H,19,21,24). The summed E-state index contributed by atoms with van der Waals surface area (Å²) in [7, 11) is 0. The molecule has 26 heavy (non-hydrogen) atoms. The van der Waals surface area contributed by atoms with Crippen molar-refractivity contribution in [3.63, 3.8) is 0 Å². The molecular weight excluding hydrogens is 350 g/mol. The number of carbonyl (C=O) groups is 1. The Morgan fingerprint density at radius 1 is 1.15 bits per heavy atom. The summed E-state index contributed by atoms with van der Waals surface area (Å²) in [4.78, 5) is 16.8. The average molecular weight is 365 g/mol. The number of carbonyl (C=O) groups excluding carboxylic acids is 1. The van der Waals surface area contributed by atoms with Crippen molar-refractivity contribution in [2.45, 2.75) is 13.8 Å². The lowest BCUT2D eigenvalue weighted by Crippen LogP contribution is -2.14. The zero-order chi connectivity index (χ0) is 18.1. The van der Waals surface area contributed by atoms with Crippen LogP contribution in [-0.2, 0) is 0 Å². The molecule has 0 aliphatic heterocycles. The van der Waals surface area contributed by atoms with E-state index < -0.39 is 0 Å². The second kappa shape index (κ2) is 6.57. The van der Waals surface area contributed by atoms with Crippen molar-refractivity contribution in [2.75, 3.05) is 5.32 Å². The van der Waals surface area contributed by atoms with Crippen LogP contribution in [0.15, 0.2) is 52.6 Å². The summed E-state index contributed by atoms with van der Waals surface area (Å²) in [6.45, 7) is 3.73. The predicted octanol–water partition coefficient (Wildman–Crippen LogP) is 3.85. The quantitative estimate of drug-likeness (QED) is 0.594. The molecule has 0 saturated heterocycles. The molecule has 0 radical (unpaired) electrons. The van der Waals surface area contributed by atoms with Crippen molar-refractivity contribution in [1.82, 2.24) is 19.9 Å². The van der Waals surface area contributed by atoms with Crippen LogP contribution >= 0.6 is 11.3 Å². The van der Waals surface area contributed by atoms with Crippen molar-refractivity contribution in [3.8, 4) is 17.1 Å². The maximum Gasteiger partial charge on any atom is 0.263 e. The van der Waals surface area contributed by atoms with Gasteiger partial charge >= 0.3 is 0 Å². The summed E-state index contributed by atoms with van der Waals surface area (Å²) in [5.74, 6) is 0.121. The number of aromatic nitrogens is 4. The van der Waals surface area contributed by atoms with E-state index in [0.717, 1.165) is 11.3 Å². The monoisotopic (exact) mass is 365 g/mol. The molecule has 1 amide bonds. The fraction of sp³-hybridized carbons (Fsp3) is 0.111. The van der Waals surface area contributed by atoms with Gasteiger partial charge in [0, 0.05) is 11.6 Å². The van der Waals surface area contributed by atoms with Crippen molar-refractivity contribution in [1.29, 1.82) is 0 Å². The highest BCUT2D eigenvalue weighted by molar-refractivity contribution is 7.13. The number of nitrogens with zero attached hydrogens (tertiary/aromatic N) is 4. The van der Waals surface area contributed by atoms with Crippen molar-refractivity contribution < 1.29 is 9.32 Å². The van der Waals surface area contributed by atoms with E-state index in [0.29, 0.717) is 27.8 Å². The number of thiazole rings is 1. The van der Waals surface area contributed by atoms with Crippen LogP contribution < -0.4 is 5.32 Å². The van der Waals surface area contributed by atoms with E-state index in [9.17, 15) is 4.79 Å². The first-order chi connectivity index (χ1) is 12.6. The van der Waals surface area contributed by atoms with Gasteiger partial charge in [-0.3, -0.25) is 10.1 Å². The maximum atomic E-state index is 12.7. The van der Waals surface area contributed by atoms with Crippen LogP contribution in [-0.4, -0.2) is 25.8 Å². The molecule has 0 aliphatic rings. The van der Waals surface area contributed by atoms with Crippen LogP contribution in [0.5, 0.6) is 0 Å². The van der Waals surface area contributed by atoms with Gasteiger partial charge in [0.15, 0.2) is 5.13 Å². The van der Waals surface area contributed by atoms with Crippen LogP contribution in [0, 0.1) is 13.8 Å². The lowest BCUT2D eigenvalue weighted by Gasteiger charge is -2.07. The highest BCUT2D eigenvalue weighted by Gasteiger charge is 2.24. The Labute approximate surface area is 153 Å². The molecular formula is C18H15N5O2S. The first-order valence-corrected chi connectivity index (χ1v) is 8.80. The summed E-state index contributed by atoms with van der Waals surface area (Å²) in [6.07, 6.45) is 3.30. The molecule has 130 valence electrons. The second-order valence-electron chi connectivity index (χ2n) is 5.72. The minimum atomic E-state index is -0.314. The lowest BCUT2D eigenvalue weighted by atomic mass is 10.1. The molecule has 4 aromatic rings. The molecule has 3 aromatic heterocycles. The van der Waals surface area contributed by atoms with E-state index in [1.54, 1.807) is 35.4 Å². The van der Waals surface area contributed by atoms with Crippen LogP contribution in [0.2, 0.25) is 0 Å². The van der Waals surface area contributed by atoms with Crippen molar-refractivity contribution >= 4 is 22.4 Å². The number of anilines is 1. The molecule has 0 atom stereocenters. The lowest BCUT2D eigenvalue weighted by molar-refractivity contribution is 0.102. The van der Waals surface area contributed by atoms with E-state index in [-0.39, 0.29) is 5.91 Å². The number of rotatable bonds is 4. The molecule has 7 nitrogen and oxygen atoms in total. The highest BCUT2D eigenvalue weighted by Crippen LogP contribution is 2.28. The third kappa shape index (κ3) is 2.91. The molecule has 1 N–H and O–H groups in total. The van der Waals surface area contributed by atoms with E-state index in [1.165, 1.54) is 11.3 Å². The van der Waals surface area contributed by atoms with Crippen LogP contribution in [0.4, 0.5) is 5.13 Å². The molecule has 1 aromatic carbocycles. The first kappa shape index (κ1) is 16.2. The second-order valence-corrected chi connectivity index (χ2v) is 6.61. The minimum Gasteiger partial charge on any atom is -0.360 e. The largest absolute Gasteiger partial charge is 0.360 e. The third-order valence-electron chi connectivity index (χ3n) is 3.91. The summed E-state index contributed by atoms with van der Waals surface area (Å²) in [5, 5.41) is 13.6. The Hall–Kier alpha value is -3.26. The van der Waals surface area contributed by atoms with Gasteiger partial charge in [-0.05, 0) is 32.0 Å². The number of benzene rings is 1. The van der Waals surface area contributed by atoms with E-state index in [2.05, 4.69) is 20.6 Å². The van der Waals surface area contributed by atoms with Crippen molar-refractivity contribution in [2.24, 2.45) is 0 Å². The van der Waals surface area contributed by atoms with Crippen LogP contribution in [0.25, 0.3) is 17.1 Å². The Morgan fingerprint density at radius 2 is 1.96 bits per heavy atom. The Bertz CT molecular complexity index is 1050. The molecule has 3 heterocycles. The Kier molecular flexibility index (Phi) is 4.10. The van der Waals surface area contributed by atoms with Gasteiger partial charge in [0.2, 0.25) is 0 Å². The van der Waals surface area contributed by atoms with Gasteiger partial charge in [-0.2, -0.15) is 5.10 Å². The van der Waals surface area contributed by atoms with E-state index in [4.69, 9.17) is 4.52 Å². The normalized spacial score (nSPS) is 10.8. The zero-order valence-electron chi connectivity index (χ0n) is 14.1. The van der Waals surface area contributed by atoms with Crippen molar-refractivity contribution in [3.05, 3.63) is 65.0 Å². The van der Waals surface area contributed by atoms with Gasteiger partial charge in [0.1, 0.15) is 17.0 Å². The number of hydrogen-bond donors (Lipinski definition) is 1. The van der Waals surface area contributed by atoms with Gasteiger partial charge in [0.05, 0.1) is 17.6 Å². The predicted molar refractivity (Wildman–Crippen MR) is 98.6 cm³/mol. The Morgan fingerprint density at radius 3 is 2.69 bits per heavy atom. The van der Waals surface area contributed by atoms with Gasteiger partial charge in [-0.1, -0.05) is 22.9 Å².